The molecular weight excluding hydrogens is 298 g/mol. The molecule has 0 aliphatic carbocycles. The van der Waals surface area contributed by atoms with E-state index in [0.717, 1.165) is 16.8 Å². The number of carbonyl (C=O) groups excluding carboxylic acids is 1. The fourth-order valence-electron chi connectivity index (χ4n) is 2.01. The Labute approximate surface area is 131 Å². The summed E-state index contributed by atoms with van der Waals surface area (Å²) >= 11 is 0. The summed E-state index contributed by atoms with van der Waals surface area (Å²) in [6, 6.07) is 6.98. The van der Waals surface area contributed by atoms with E-state index in [1.807, 2.05) is 14.0 Å². The van der Waals surface area contributed by atoms with E-state index in [2.05, 4.69) is 15.2 Å². The predicted molar refractivity (Wildman–Crippen MR) is 81.4 cm³/mol. The number of aromatic nitrogens is 4. The van der Waals surface area contributed by atoms with Crippen LogP contribution < -0.4 is 10.5 Å². The van der Waals surface area contributed by atoms with Crippen molar-refractivity contribution in [3.8, 4) is 28.6 Å². The van der Waals surface area contributed by atoms with Gasteiger partial charge in [0.1, 0.15) is 5.75 Å². The molecule has 0 bridgehead atoms. The number of ether oxygens (including phenoxy) is 1. The molecule has 0 aliphatic heterocycles. The molecule has 118 valence electrons. The maximum Gasteiger partial charge on any atom is 0.261 e. The average molecular weight is 313 g/mol. The molecule has 0 aliphatic rings. The number of rotatable bonds is 5. The number of amides is 1. The van der Waals surface area contributed by atoms with Crippen LogP contribution in [0.15, 0.2) is 35.0 Å². The highest BCUT2D eigenvalue weighted by Gasteiger charge is 2.15. The van der Waals surface area contributed by atoms with Crippen molar-refractivity contribution in [2.75, 3.05) is 6.61 Å². The van der Waals surface area contributed by atoms with Gasteiger partial charge < -0.3 is 15.0 Å². The summed E-state index contributed by atoms with van der Waals surface area (Å²) in [4.78, 5) is 15.1. The molecule has 0 unspecified atom stereocenters. The van der Waals surface area contributed by atoms with Gasteiger partial charge in [-0.05, 0) is 31.2 Å². The smallest absolute Gasteiger partial charge is 0.261 e. The summed E-state index contributed by atoms with van der Waals surface area (Å²) in [5, 5.41) is 8.13. The van der Waals surface area contributed by atoms with Crippen LogP contribution in [0.4, 0.5) is 0 Å². The van der Waals surface area contributed by atoms with E-state index in [0.29, 0.717) is 17.5 Å². The van der Waals surface area contributed by atoms with Crippen molar-refractivity contribution >= 4 is 5.91 Å². The number of nitrogens with zero attached hydrogens (tertiary/aromatic N) is 4. The van der Waals surface area contributed by atoms with Crippen LogP contribution in [0.1, 0.15) is 5.69 Å². The number of benzene rings is 1. The van der Waals surface area contributed by atoms with Gasteiger partial charge in [-0.3, -0.25) is 9.48 Å². The molecule has 8 heteroatoms. The third-order valence-electron chi connectivity index (χ3n) is 3.39. The number of hydrogen-bond acceptors (Lipinski definition) is 6. The van der Waals surface area contributed by atoms with E-state index in [9.17, 15) is 4.79 Å². The molecule has 0 saturated carbocycles. The molecule has 0 radical (unpaired) electrons. The zero-order valence-electron chi connectivity index (χ0n) is 12.7. The van der Waals surface area contributed by atoms with Gasteiger partial charge in [0.2, 0.25) is 5.82 Å². The van der Waals surface area contributed by atoms with Gasteiger partial charge in [-0.25, -0.2) is 0 Å². The summed E-state index contributed by atoms with van der Waals surface area (Å²) in [5.41, 5.74) is 7.54. The number of hydrogen-bond donors (Lipinski definition) is 1. The molecule has 3 aromatic rings. The van der Waals surface area contributed by atoms with Crippen molar-refractivity contribution in [3.05, 3.63) is 36.2 Å². The molecule has 2 N–H and O–H groups in total. The number of primary amides is 1. The number of nitrogens with two attached hydrogens (primary N) is 1. The Balaban J connectivity index is 1.80. The highest BCUT2D eigenvalue weighted by molar-refractivity contribution is 5.75. The zero-order valence-corrected chi connectivity index (χ0v) is 12.7. The van der Waals surface area contributed by atoms with Gasteiger partial charge in [-0.1, -0.05) is 5.16 Å². The van der Waals surface area contributed by atoms with Crippen LogP contribution in [0.25, 0.3) is 22.8 Å². The van der Waals surface area contributed by atoms with Crippen molar-refractivity contribution in [2.45, 2.75) is 6.92 Å². The molecule has 1 aromatic carbocycles. The Kier molecular flexibility index (Phi) is 3.80. The van der Waals surface area contributed by atoms with E-state index >= 15 is 0 Å². The van der Waals surface area contributed by atoms with Gasteiger partial charge in [0.25, 0.3) is 11.8 Å². The standard InChI is InChI=1S/C15H15N5O3/c1-9-12(7-17-20(9)2)15-18-14(19-23-15)10-3-5-11(6-4-10)22-8-13(16)21/h3-7H,8H2,1-2H3,(H2,16,21). The van der Waals surface area contributed by atoms with E-state index < -0.39 is 5.91 Å². The third-order valence-corrected chi connectivity index (χ3v) is 3.39. The summed E-state index contributed by atoms with van der Waals surface area (Å²) in [7, 11) is 1.85. The topological polar surface area (TPSA) is 109 Å². The van der Waals surface area contributed by atoms with Gasteiger partial charge >= 0.3 is 0 Å². The largest absolute Gasteiger partial charge is 0.484 e. The van der Waals surface area contributed by atoms with Gasteiger partial charge in [0, 0.05) is 18.3 Å². The monoisotopic (exact) mass is 313 g/mol. The summed E-state index contributed by atoms with van der Waals surface area (Å²) in [6.45, 7) is 1.77. The normalized spacial score (nSPS) is 10.7. The fourth-order valence-corrected chi connectivity index (χ4v) is 2.01. The first-order chi connectivity index (χ1) is 11.0. The molecule has 0 atom stereocenters. The molecule has 1 amide bonds. The lowest BCUT2D eigenvalue weighted by Crippen LogP contribution is -2.19. The zero-order chi connectivity index (χ0) is 16.4. The minimum Gasteiger partial charge on any atom is -0.484 e. The molecule has 0 fully saturated rings. The third kappa shape index (κ3) is 3.05. The molecule has 8 nitrogen and oxygen atoms in total. The van der Waals surface area contributed by atoms with Crippen LogP contribution in [-0.4, -0.2) is 32.4 Å². The highest BCUT2D eigenvalue weighted by atomic mass is 16.5. The molecule has 0 spiro atoms. The van der Waals surface area contributed by atoms with Crippen molar-refractivity contribution in [3.63, 3.8) is 0 Å². The summed E-state index contributed by atoms with van der Waals surface area (Å²) in [6.07, 6.45) is 1.69. The van der Waals surface area contributed by atoms with Crippen molar-refractivity contribution in [1.82, 2.24) is 19.9 Å². The van der Waals surface area contributed by atoms with Gasteiger partial charge in [-0.2, -0.15) is 10.1 Å². The molecule has 2 heterocycles. The second kappa shape index (κ2) is 5.91. The van der Waals surface area contributed by atoms with Crippen LogP contribution in [-0.2, 0) is 11.8 Å². The van der Waals surface area contributed by atoms with Crippen molar-refractivity contribution in [2.24, 2.45) is 12.8 Å². The first kappa shape index (κ1) is 14.8. The van der Waals surface area contributed by atoms with Crippen molar-refractivity contribution < 1.29 is 14.1 Å². The second-order valence-corrected chi connectivity index (χ2v) is 4.97. The predicted octanol–water partition coefficient (Wildman–Crippen LogP) is 1.31. The summed E-state index contributed by atoms with van der Waals surface area (Å²) < 4.78 is 12.2. The van der Waals surface area contributed by atoms with E-state index in [-0.39, 0.29) is 6.61 Å². The van der Waals surface area contributed by atoms with Crippen LogP contribution in [0.3, 0.4) is 0 Å². The number of carbonyl (C=O) groups is 1. The maximum atomic E-state index is 10.7. The van der Waals surface area contributed by atoms with Crippen molar-refractivity contribution in [1.29, 1.82) is 0 Å². The minimum atomic E-state index is -0.524. The Morgan fingerprint density at radius 2 is 2.09 bits per heavy atom. The first-order valence-electron chi connectivity index (χ1n) is 6.89. The SMILES string of the molecule is Cc1c(-c2nc(-c3ccc(OCC(N)=O)cc3)no2)cnn1C. The van der Waals surface area contributed by atoms with Gasteiger partial charge in [0.15, 0.2) is 6.61 Å². The Morgan fingerprint density at radius 1 is 1.35 bits per heavy atom. The molecular formula is C15H15N5O3. The Hall–Kier alpha value is -3.16. The first-order valence-corrected chi connectivity index (χ1v) is 6.89. The van der Waals surface area contributed by atoms with Crippen LogP contribution in [0.5, 0.6) is 5.75 Å². The Morgan fingerprint density at radius 3 is 2.70 bits per heavy atom. The lowest BCUT2D eigenvalue weighted by molar-refractivity contribution is -0.119. The van der Waals surface area contributed by atoms with E-state index in [4.69, 9.17) is 15.0 Å². The van der Waals surface area contributed by atoms with Gasteiger partial charge in [0.05, 0.1) is 11.8 Å². The lowest BCUT2D eigenvalue weighted by Gasteiger charge is -2.03. The van der Waals surface area contributed by atoms with Crippen LogP contribution in [0, 0.1) is 6.92 Å². The minimum absolute atomic E-state index is 0.161. The summed E-state index contributed by atoms with van der Waals surface area (Å²) in [5.74, 6) is 0.896. The molecule has 3 rings (SSSR count). The van der Waals surface area contributed by atoms with Crippen LogP contribution >= 0.6 is 0 Å². The van der Waals surface area contributed by atoms with E-state index in [1.165, 1.54) is 0 Å². The second-order valence-electron chi connectivity index (χ2n) is 4.97. The fraction of sp³-hybridized carbons (Fsp3) is 0.200. The molecule has 0 saturated heterocycles. The maximum absolute atomic E-state index is 10.7. The quantitative estimate of drug-likeness (QED) is 0.760. The Bertz CT molecular complexity index is 835. The van der Waals surface area contributed by atoms with E-state index in [1.54, 1.807) is 35.1 Å². The van der Waals surface area contributed by atoms with Crippen LogP contribution in [0.2, 0.25) is 0 Å². The average Bonchev–Trinajstić information content (AvgIpc) is 3.14. The molecule has 23 heavy (non-hydrogen) atoms. The van der Waals surface area contributed by atoms with Gasteiger partial charge in [-0.15, -0.1) is 0 Å². The number of aryl methyl sites for hydroxylation is 1. The lowest BCUT2D eigenvalue weighted by atomic mass is 10.2. The molecule has 2 aromatic heterocycles. The highest BCUT2D eigenvalue weighted by Crippen LogP contribution is 2.25.